The van der Waals surface area contributed by atoms with Crippen molar-refractivity contribution in [3.63, 3.8) is 0 Å². The lowest BCUT2D eigenvalue weighted by atomic mass is 10.1. The van der Waals surface area contributed by atoms with E-state index in [4.69, 9.17) is 0 Å². The van der Waals surface area contributed by atoms with E-state index < -0.39 is 39.2 Å². The molecule has 0 aliphatic carbocycles. The highest BCUT2D eigenvalue weighted by atomic mass is 19.4. The molecule has 2 saturated heterocycles. The Labute approximate surface area is 345 Å². The maximum Gasteiger partial charge on any atom is 0.416 e. The van der Waals surface area contributed by atoms with Gasteiger partial charge in [0.25, 0.3) is 16.8 Å². The van der Waals surface area contributed by atoms with Crippen LogP contribution in [-0.4, -0.2) is 94.7 Å². The number of alkyl halides is 3. The van der Waals surface area contributed by atoms with Gasteiger partial charge in [0.2, 0.25) is 11.9 Å². The van der Waals surface area contributed by atoms with Crippen LogP contribution in [0.4, 0.5) is 30.8 Å². The van der Waals surface area contributed by atoms with E-state index in [0.29, 0.717) is 43.6 Å². The van der Waals surface area contributed by atoms with E-state index in [-0.39, 0.29) is 46.7 Å². The summed E-state index contributed by atoms with van der Waals surface area (Å²) in [5.74, 6) is 0.916. The summed E-state index contributed by atoms with van der Waals surface area (Å²) in [6, 6.07) is 11.7. The Bertz CT molecular complexity index is 2860. The molecule has 6 aromatic rings. The fourth-order valence-electron chi connectivity index (χ4n) is 7.84. The third-order valence-electron chi connectivity index (χ3n) is 11.1. The van der Waals surface area contributed by atoms with E-state index in [0.717, 1.165) is 54.2 Å². The lowest BCUT2D eigenvalue weighted by molar-refractivity contribution is -0.385. The van der Waals surface area contributed by atoms with Crippen molar-refractivity contribution >= 4 is 39.9 Å². The number of fused-ring (bicyclic) bond motifs is 2. The van der Waals surface area contributed by atoms with Crippen LogP contribution < -0.4 is 42.9 Å². The summed E-state index contributed by atoms with van der Waals surface area (Å²) >= 11 is 0. The molecule has 22 heteroatoms. The molecule has 0 spiro atoms. The normalized spacial score (nSPS) is 15.1. The Morgan fingerprint density at radius 3 is 1.56 bits per heavy atom. The van der Waals surface area contributed by atoms with Gasteiger partial charge in [-0.15, -0.1) is 0 Å². The number of hydrogen-bond donors (Lipinski definition) is 2. The highest BCUT2D eigenvalue weighted by Gasteiger charge is 2.34. The Hall–Kier alpha value is -6.55. The van der Waals surface area contributed by atoms with E-state index >= 15 is 0 Å². The van der Waals surface area contributed by atoms with Crippen molar-refractivity contribution in [2.24, 2.45) is 28.2 Å². The number of halogens is 3. The summed E-state index contributed by atoms with van der Waals surface area (Å²) in [6.07, 6.45) is -2.82. The van der Waals surface area contributed by atoms with Gasteiger partial charge in [0, 0.05) is 79.1 Å². The summed E-state index contributed by atoms with van der Waals surface area (Å²) in [7, 11) is 5.83. The van der Waals surface area contributed by atoms with E-state index in [1.807, 2.05) is 4.90 Å². The van der Waals surface area contributed by atoms with Gasteiger partial charge in [-0.1, -0.05) is 36.4 Å². The zero-order chi connectivity index (χ0) is 43.7. The van der Waals surface area contributed by atoms with Crippen molar-refractivity contribution in [3.8, 4) is 0 Å². The lowest BCUT2D eigenvalue weighted by Gasteiger charge is -2.23. The third-order valence-corrected chi connectivity index (χ3v) is 11.1. The summed E-state index contributed by atoms with van der Waals surface area (Å²) in [4.78, 5) is 75.1. The molecule has 8 rings (SSSR count). The minimum absolute atomic E-state index is 0.0236. The van der Waals surface area contributed by atoms with Gasteiger partial charge in [-0.25, -0.2) is 9.59 Å². The van der Waals surface area contributed by atoms with Gasteiger partial charge in [0.15, 0.2) is 22.3 Å². The zero-order valence-electron chi connectivity index (χ0n) is 34.1. The van der Waals surface area contributed by atoms with Crippen molar-refractivity contribution in [3.05, 3.63) is 117 Å². The van der Waals surface area contributed by atoms with Gasteiger partial charge in [0.1, 0.15) is 0 Å². The number of nitrogens with one attached hydrogen (secondary N) is 2. The smallest absolute Gasteiger partial charge is 0.341 e. The number of aryl methyl sites for hydroxylation is 2. The van der Waals surface area contributed by atoms with Crippen LogP contribution in [0.3, 0.4) is 0 Å². The van der Waals surface area contributed by atoms with Crippen molar-refractivity contribution in [2.45, 2.75) is 32.1 Å². The van der Waals surface area contributed by atoms with Crippen molar-refractivity contribution in [1.82, 2.24) is 48.0 Å². The van der Waals surface area contributed by atoms with Gasteiger partial charge >= 0.3 is 17.6 Å². The fourth-order valence-corrected chi connectivity index (χ4v) is 7.84. The molecular formula is C39H46F3N13O6. The van der Waals surface area contributed by atoms with Crippen LogP contribution in [-0.2, 0) is 47.5 Å². The molecule has 19 nitrogen and oxygen atoms in total. The van der Waals surface area contributed by atoms with Gasteiger partial charge < -0.3 is 20.4 Å². The number of hydrogen-bond acceptors (Lipinski definition) is 12. The van der Waals surface area contributed by atoms with E-state index in [2.05, 4.69) is 25.5 Å². The van der Waals surface area contributed by atoms with Crippen LogP contribution in [0.15, 0.2) is 67.7 Å². The third kappa shape index (κ3) is 8.19. The number of benzene rings is 2. The minimum atomic E-state index is -4.53. The first-order valence-electron chi connectivity index (χ1n) is 19.7. The molecule has 0 saturated carbocycles. The lowest BCUT2D eigenvalue weighted by Crippen LogP contribution is -2.37. The van der Waals surface area contributed by atoms with Crippen molar-refractivity contribution in [2.75, 3.05) is 62.2 Å². The van der Waals surface area contributed by atoms with Crippen LogP contribution in [0.25, 0.3) is 22.3 Å². The fraction of sp³-hybridized carbons (Fsp3) is 0.436. The molecule has 2 fully saturated rings. The molecule has 0 bridgehead atoms. The second-order valence-corrected chi connectivity index (χ2v) is 15.0. The molecule has 0 amide bonds. The maximum absolute atomic E-state index is 13.6. The second-order valence-electron chi connectivity index (χ2n) is 15.0. The van der Waals surface area contributed by atoms with Crippen LogP contribution in [0.1, 0.15) is 29.5 Å². The first-order chi connectivity index (χ1) is 29.1. The maximum atomic E-state index is 13.6. The standard InChI is InChI=1S/C20H23F3N6O2.C19H23N7O4/c1-26-16-15(17(30)27(2)19(26)31)29(18(25-16)28-10-5-8-24-9-11-28)12-13-6-3-4-7-14(13)20(21,22)23;1-22-16-15(17(27)23(2)19(22)28)25(12-13-6-3-4-7-14(13)26(29)30)18(21-16)24-10-5-8-20-9-11-24/h3-4,6-7,24H,5,8-12H2,1-2H3;3-4,6-7,20H,5,8-12H2,1-2H3. The summed E-state index contributed by atoms with van der Waals surface area (Å²) in [5.41, 5.74) is -1.57. The predicted molar refractivity (Wildman–Crippen MR) is 223 cm³/mol. The second kappa shape index (κ2) is 17.2. The molecule has 324 valence electrons. The first-order valence-corrected chi connectivity index (χ1v) is 19.7. The quantitative estimate of drug-likeness (QED) is 0.174. The first kappa shape index (κ1) is 42.6. The molecule has 0 atom stereocenters. The van der Waals surface area contributed by atoms with Crippen LogP contribution >= 0.6 is 0 Å². The SMILES string of the molecule is Cn1c(=O)c2c(nc(N3CCCNCC3)n2Cc2ccccc2C(F)(F)F)n(C)c1=O.Cn1c(=O)c2c(nc(N3CCCNCC3)n2Cc2ccccc2[N+](=O)[O-])n(C)c1=O. The average Bonchev–Trinajstić information content (AvgIpc) is 3.50. The van der Waals surface area contributed by atoms with Crippen LogP contribution in [0.2, 0.25) is 0 Å². The number of nitro benzene ring substituents is 1. The molecule has 0 radical (unpaired) electrons. The van der Waals surface area contributed by atoms with Gasteiger partial charge in [0.05, 0.1) is 23.6 Å². The molecule has 6 heterocycles. The summed E-state index contributed by atoms with van der Waals surface area (Å²) in [5, 5.41) is 18.1. The van der Waals surface area contributed by atoms with E-state index in [1.165, 1.54) is 59.1 Å². The highest BCUT2D eigenvalue weighted by molar-refractivity contribution is 5.76. The monoisotopic (exact) mass is 849 g/mol. The summed E-state index contributed by atoms with van der Waals surface area (Å²) < 4.78 is 48.6. The number of aromatic nitrogens is 8. The highest BCUT2D eigenvalue weighted by Crippen LogP contribution is 2.33. The molecular weight excluding hydrogens is 804 g/mol. The topological polar surface area (TPSA) is 197 Å². The summed E-state index contributed by atoms with van der Waals surface area (Å²) in [6.45, 7) is 5.64. The van der Waals surface area contributed by atoms with Gasteiger partial charge in [-0.3, -0.25) is 47.1 Å². The van der Waals surface area contributed by atoms with Gasteiger partial charge in [-0.2, -0.15) is 23.1 Å². The minimum Gasteiger partial charge on any atom is -0.341 e. The average molecular weight is 850 g/mol. The molecule has 61 heavy (non-hydrogen) atoms. The van der Waals surface area contributed by atoms with Crippen LogP contribution in [0.5, 0.6) is 0 Å². The largest absolute Gasteiger partial charge is 0.416 e. The Morgan fingerprint density at radius 2 is 1.08 bits per heavy atom. The van der Waals surface area contributed by atoms with Gasteiger partial charge in [-0.05, 0) is 37.6 Å². The number of imidazole rings is 2. The number of anilines is 2. The number of para-hydroxylation sites is 1. The number of nitrogens with zero attached hydrogens (tertiary/aromatic N) is 11. The number of nitro groups is 1. The van der Waals surface area contributed by atoms with Crippen molar-refractivity contribution < 1.29 is 18.1 Å². The Morgan fingerprint density at radius 1 is 0.639 bits per heavy atom. The molecule has 2 N–H and O–H groups in total. The van der Waals surface area contributed by atoms with Crippen molar-refractivity contribution in [1.29, 1.82) is 0 Å². The van der Waals surface area contributed by atoms with Crippen LogP contribution in [0, 0.1) is 10.1 Å². The molecule has 2 aromatic carbocycles. The molecule has 4 aromatic heterocycles. The van der Waals surface area contributed by atoms with E-state index in [1.54, 1.807) is 29.8 Å². The number of rotatable bonds is 7. The molecule has 2 aliphatic rings. The Kier molecular flexibility index (Phi) is 12.0. The zero-order valence-corrected chi connectivity index (χ0v) is 34.1. The Balaban J connectivity index is 0.000000184. The predicted octanol–water partition coefficient (Wildman–Crippen LogP) is 1.49. The molecule has 2 aliphatic heterocycles. The van der Waals surface area contributed by atoms with E-state index in [9.17, 15) is 42.5 Å². The molecule has 0 unspecified atom stereocenters.